The summed E-state index contributed by atoms with van der Waals surface area (Å²) < 4.78 is 4.79. The average Bonchev–Trinajstić information content (AvgIpc) is 3.45. The molecular formula is C30H23N3Si. The van der Waals surface area contributed by atoms with Crippen LogP contribution in [-0.4, -0.2) is 21.9 Å². The van der Waals surface area contributed by atoms with Gasteiger partial charge in [0.15, 0.2) is 0 Å². The number of rotatable bonds is 1. The van der Waals surface area contributed by atoms with Crippen LogP contribution >= 0.6 is 0 Å². The van der Waals surface area contributed by atoms with Crippen molar-refractivity contribution in [1.82, 2.24) is 13.8 Å². The van der Waals surface area contributed by atoms with E-state index in [2.05, 4.69) is 113 Å². The molecule has 3 heterocycles. The minimum Gasteiger partial charge on any atom is -0.277 e. The van der Waals surface area contributed by atoms with Gasteiger partial charge in [-0.15, -0.1) is 0 Å². The third-order valence-corrected chi connectivity index (χ3v) is 9.54. The Hall–Kier alpha value is -3.89. The highest BCUT2D eigenvalue weighted by Gasteiger charge is 2.25. The van der Waals surface area contributed by atoms with Crippen molar-refractivity contribution in [1.29, 1.82) is 0 Å². The van der Waals surface area contributed by atoms with Gasteiger partial charge in [-0.2, -0.15) is 0 Å². The molecule has 4 heteroatoms. The van der Waals surface area contributed by atoms with Crippen molar-refractivity contribution in [2.75, 3.05) is 0 Å². The lowest BCUT2D eigenvalue weighted by atomic mass is 10.1. The van der Waals surface area contributed by atoms with Gasteiger partial charge in [0, 0.05) is 10.8 Å². The zero-order valence-electron chi connectivity index (χ0n) is 19.4. The van der Waals surface area contributed by atoms with Gasteiger partial charge in [-0.1, -0.05) is 79.4 Å². The molecule has 0 spiro atoms. The predicted octanol–water partition coefficient (Wildman–Crippen LogP) is 7.34. The Balaban J connectivity index is 1.68. The van der Waals surface area contributed by atoms with Crippen LogP contribution in [0.25, 0.3) is 65.7 Å². The minimum absolute atomic E-state index is 1.00. The Morgan fingerprint density at radius 2 is 1.21 bits per heavy atom. The highest BCUT2D eigenvalue weighted by molar-refractivity contribution is 6.89. The number of fused-ring (bicyclic) bond motifs is 10. The van der Waals surface area contributed by atoms with Gasteiger partial charge in [0.25, 0.3) is 0 Å². The molecule has 0 saturated carbocycles. The van der Waals surface area contributed by atoms with E-state index >= 15 is 0 Å². The van der Waals surface area contributed by atoms with Crippen LogP contribution in [0.3, 0.4) is 0 Å². The van der Waals surface area contributed by atoms with E-state index in [4.69, 9.17) is 4.98 Å². The number of hydrogen-bond donors (Lipinski definition) is 0. The molecule has 8 rings (SSSR count). The largest absolute Gasteiger partial charge is 0.277 e. The summed E-state index contributed by atoms with van der Waals surface area (Å²) in [7, 11) is -1.54. The summed E-state index contributed by atoms with van der Waals surface area (Å²) in [6.07, 6.45) is 0. The van der Waals surface area contributed by atoms with E-state index in [9.17, 15) is 0 Å². The first-order valence-corrected chi connectivity index (χ1v) is 15.4. The van der Waals surface area contributed by atoms with Crippen LogP contribution in [0.2, 0.25) is 19.6 Å². The third kappa shape index (κ3) is 2.24. The molecule has 0 atom stereocenters. The lowest BCUT2D eigenvalue weighted by Crippen LogP contribution is -2.37. The van der Waals surface area contributed by atoms with Crippen molar-refractivity contribution in [2.24, 2.45) is 0 Å². The van der Waals surface area contributed by atoms with Crippen LogP contribution < -0.4 is 5.19 Å². The molecule has 3 aromatic heterocycles. The van der Waals surface area contributed by atoms with E-state index in [1.807, 2.05) is 0 Å². The quantitative estimate of drug-likeness (QED) is 0.238. The third-order valence-electron chi connectivity index (χ3n) is 7.52. The molecule has 0 bridgehead atoms. The maximum Gasteiger partial charge on any atom is 0.220 e. The molecule has 0 aliphatic heterocycles. The van der Waals surface area contributed by atoms with Crippen molar-refractivity contribution in [3.8, 4) is 0 Å². The standard InChI is InChI=1S/C30H23N3Si/c1-34(2,3)22-16-24-23-12-18-8-4-6-10-20(18)14-26(23)33-29(24)28(17-22)32-27-15-21-11-7-5-9-19(21)13-25(27)31-30(32)33/h4-17H,1-3H3. The Kier molecular flexibility index (Phi) is 3.25. The molecule has 0 aliphatic rings. The zero-order valence-corrected chi connectivity index (χ0v) is 20.4. The van der Waals surface area contributed by atoms with Gasteiger partial charge in [0.1, 0.15) is 0 Å². The maximum atomic E-state index is 5.21. The molecule has 3 nitrogen and oxygen atoms in total. The summed E-state index contributed by atoms with van der Waals surface area (Å²) in [5.74, 6) is 1.00. The first-order valence-electron chi connectivity index (χ1n) is 11.9. The monoisotopic (exact) mass is 453 g/mol. The van der Waals surface area contributed by atoms with E-state index in [1.165, 1.54) is 59.6 Å². The van der Waals surface area contributed by atoms with Crippen molar-refractivity contribution in [2.45, 2.75) is 19.6 Å². The topological polar surface area (TPSA) is 21.7 Å². The number of hydrogen-bond acceptors (Lipinski definition) is 1. The first kappa shape index (κ1) is 18.5. The second-order valence-electron chi connectivity index (χ2n) is 10.6. The van der Waals surface area contributed by atoms with Gasteiger partial charge >= 0.3 is 0 Å². The number of nitrogens with zero attached hydrogens (tertiary/aromatic N) is 3. The van der Waals surface area contributed by atoms with E-state index < -0.39 is 8.07 Å². The molecule has 0 N–H and O–H groups in total. The molecule has 0 radical (unpaired) electrons. The molecule has 0 saturated heterocycles. The smallest absolute Gasteiger partial charge is 0.220 e. The van der Waals surface area contributed by atoms with Crippen molar-refractivity contribution >= 4 is 78.9 Å². The number of benzene rings is 5. The highest BCUT2D eigenvalue weighted by Crippen LogP contribution is 2.38. The van der Waals surface area contributed by atoms with Crippen LogP contribution in [0, 0.1) is 0 Å². The van der Waals surface area contributed by atoms with Gasteiger partial charge in [-0.05, 0) is 51.9 Å². The fourth-order valence-corrected chi connectivity index (χ4v) is 6.91. The Morgan fingerprint density at radius 3 is 1.88 bits per heavy atom. The van der Waals surface area contributed by atoms with Gasteiger partial charge in [0.05, 0.1) is 35.7 Å². The molecule has 34 heavy (non-hydrogen) atoms. The summed E-state index contributed by atoms with van der Waals surface area (Å²) in [6, 6.07) is 31.4. The van der Waals surface area contributed by atoms with Crippen LogP contribution in [0.1, 0.15) is 0 Å². The molecular weight excluding hydrogens is 430 g/mol. The molecule has 0 amide bonds. The lowest BCUT2D eigenvalue weighted by Gasteiger charge is -2.17. The highest BCUT2D eigenvalue weighted by atomic mass is 28.3. The minimum atomic E-state index is -1.54. The first-order chi connectivity index (χ1) is 16.5. The van der Waals surface area contributed by atoms with Crippen LogP contribution in [0.5, 0.6) is 0 Å². The van der Waals surface area contributed by atoms with Gasteiger partial charge in [-0.3, -0.25) is 8.80 Å². The van der Waals surface area contributed by atoms with Crippen LogP contribution in [-0.2, 0) is 0 Å². The SMILES string of the molecule is C[Si](C)(C)c1cc2c3cc4ccccc4cc3n3c2c(c1)n1c2cc4ccccc4cc2nc13. The summed E-state index contributed by atoms with van der Waals surface area (Å²) in [4.78, 5) is 5.21. The summed E-state index contributed by atoms with van der Waals surface area (Å²) in [5, 5.41) is 9.18. The molecule has 0 aliphatic carbocycles. The molecule has 0 unspecified atom stereocenters. The second kappa shape index (κ2) is 5.96. The van der Waals surface area contributed by atoms with Crippen molar-refractivity contribution in [3.05, 3.63) is 84.9 Å². The van der Waals surface area contributed by atoms with Gasteiger partial charge < -0.3 is 0 Å². The summed E-state index contributed by atoms with van der Waals surface area (Å²) >= 11 is 0. The second-order valence-corrected chi connectivity index (χ2v) is 15.7. The van der Waals surface area contributed by atoms with E-state index in [1.54, 1.807) is 0 Å². The maximum absolute atomic E-state index is 5.21. The number of imidazole rings is 2. The zero-order chi connectivity index (χ0) is 22.8. The van der Waals surface area contributed by atoms with E-state index in [0.717, 1.165) is 11.3 Å². The van der Waals surface area contributed by atoms with Crippen LogP contribution in [0.15, 0.2) is 84.9 Å². The van der Waals surface area contributed by atoms with Gasteiger partial charge in [-0.25, -0.2) is 4.98 Å². The summed E-state index contributed by atoms with van der Waals surface area (Å²) in [6.45, 7) is 7.31. The fourth-order valence-electron chi connectivity index (χ4n) is 5.76. The summed E-state index contributed by atoms with van der Waals surface area (Å²) in [5.41, 5.74) is 6.02. The molecule has 0 fully saturated rings. The van der Waals surface area contributed by atoms with E-state index in [-0.39, 0.29) is 0 Å². The van der Waals surface area contributed by atoms with E-state index in [0.29, 0.717) is 0 Å². The van der Waals surface area contributed by atoms with Gasteiger partial charge in [0.2, 0.25) is 5.78 Å². The molecule has 8 aromatic rings. The number of aromatic nitrogens is 3. The normalized spacial score (nSPS) is 13.1. The van der Waals surface area contributed by atoms with Crippen molar-refractivity contribution in [3.63, 3.8) is 0 Å². The van der Waals surface area contributed by atoms with Crippen LogP contribution in [0.4, 0.5) is 0 Å². The Bertz CT molecular complexity index is 2100. The molecule has 162 valence electrons. The molecule has 5 aromatic carbocycles. The predicted molar refractivity (Wildman–Crippen MR) is 148 cm³/mol. The van der Waals surface area contributed by atoms with Crippen molar-refractivity contribution < 1.29 is 0 Å². The lowest BCUT2D eigenvalue weighted by molar-refractivity contribution is 1.22. The Morgan fingerprint density at radius 1 is 0.588 bits per heavy atom. The fraction of sp³-hybridized carbons (Fsp3) is 0.100. The Labute approximate surface area is 197 Å². The average molecular weight is 454 g/mol.